The second-order valence-corrected chi connectivity index (χ2v) is 6.98. The number of hydrogen-bond acceptors (Lipinski definition) is 3. The summed E-state index contributed by atoms with van der Waals surface area (Å²) < 4.78 is 5.96. The second kappa shape index (κ2) is 11.6. The topological polar surface area (TPSA) is 49.8 Å². The Bertz CT molecular complexity index is 749. The van der Waals surface area contributed by atoms with Crippen LogP contribution in [-0.4, -0.2) is 48.8 Å². The quantitative estimate of drug-likeness (QED) is 0.524. The van der Waals surface area contributed by atoms with E-state index >= 15 is 0 Å². The van der Waals surface area contributed by atoms with Crippen molar-refractivity contribution in [1.82, 2.24) is 4.90 Å². The number of rotatable bonds is 8. The van der Waals surface area contributed by atoms with Gasteiger partial charge in [-0.3, -0.25) is 4.79 Å². The lowest BCUT2D eigenvalue weighted by Gasteiger charge is -2.30. The Morgan fingerprint density at radius 2 is 1.79 bits per heavy atom. The van der Waals surface area contributed by atoms with E-state index in [0.29, 0.717) is 19.8 Å². The smallest absolute Gasteiger partial charge is 0.307 e. The lowest BCUT2D eigenvalue weighted by atomic mass is 9.98. The van der Waals surface area contributed by atoms with Crippen LogP contribution in [0.1, 0.15) is 24.0 Å². The summed E-state index contributed by atoms with van der Waals surface area (Å²) in [6.07, 6.45) is 3.89. The predicted molar refractivity (Wildman–Crippen MR) is 116 cm³/mol. The summed E-state index contributed by atoms with van der Waals surface area (Å²) in [7, 11) is 0. The van der Waals surface area contributed by atoms with Gasteiger partial charge in [-0.15, -0.1) is 12.4 Å². The maximum atomic E-state index is 11.2. The van der Waals surface area contributed by atoms with Gasteiger partial charge in [-0.05, 0) is 42.2 Å². The third-order valence-electron chi connectivity index (χ3n) is 4.95. The number of piperidine rings is 1. The van der Waals surface area contributed by atoms with Gasteiger partial charge >= 0.3 is 5.97 Å². The van der Waals surface area contributed by atoms with Crippen LogP contribution in [0.4, 0.5) is 0 Å². The zero-order valence-corrected chi connectivity index (χ0v) is 16.8. The number of likely N-dealkylation sites (tertiary alicyclic amines) is 1. The van der Waals surface area contributed by atoms with Crippen molar-refractivity contribution in [3.05, 3.63) is 71.8 Å². The molecule has 0 radical (unpaired) electrons. The fourth-order valence-electron chi connectivity index (χ4n) is 3.45. The number of hydrogen-bond donors (Lipinski definition) is 1. The molecule has 2 aromatic rings. The number of halogens is 1. The molecule has 0 aromatic heterocycles. The molecule has 1 atom stereocenters. The SMILES string of the molecule is Cl.O=C(O)[C@@H]1CCCN(CCOC/C(=C/c2ccccc2)c2ccccc2)C1. The average molecular weight is 402 g/mol. The van der Waals surface area contributed by atoms with E-state index in [-0.39, 0.29) is 18.3 Å². The van der Waals surface area contributed by atoms with E-state index in [1.807, 2.05) is 36.4 Å². The molecule has 1 aliphatic rings. The van der Waals surface area contributed by atoms with E-state index in [4.69, 9.17) is 4.74 Å². The molecule has 1 heterocycles. The van der Waals surface area contributed by atoms with E-state index in [1.54, 1.807) is 0 Å². The fraction of sp³-hybridized carbons (Fsp3) is 0.348. The average Bonchev–Trinajstić information content (AvgIpc) is 2.72. The number of benzene rings is 2. The zero-order valence-electron chi connectivity index (χ0n) is 16.0. The van der Waals surface area contributed by atoms with Crippen LogP contribution in [0.2, 0.25) is 0 Å². The van der Waals surface area contributed by atoms with Gasteiger partial charge in [0.1, 0.15) is 0 Å². The van der Waals surface area contributed by atoms with Crippen molar-refractivity contribution in [2.24, 2.45) is 5.92 Å². The lowest BCUT2D eigenvalue weighted by Crippen LogP contribution is -2.40. The molecule has 0 spiro atoms. The minimum absolute atomic E-state index is 0. The van der Waals surface area contributed by atoms with Crippen molar-refractivity contribution >= 4 is 30.0 Å². The van der Waals surface area contributed by atoms with Crippen LogP contribution in [0.5, 0.6) is 0 Å². The Hall–Kier alpha value is -2.14. The Morgan fingerprint density at radius 1 is 1.11 bits per heavy atom. The van der Waals surface area contributed by atoms with Crippen molar-refractivity contribution in [2.75, 3.05) is 32.8 Å². The van der Waals surface area contributed by atoms with Gasteiger partial charge in [-0.1, -0.05) is 60.7 Å². The standard InChI is InChI=1S/C23H27NO3.ClH/c25-23(26)21-12-7-13-24(17-21)14-15-27-18-22(20-10-5-2-6-11-20)16-19-8-3-1-4-9-19;/h1-6,8-11,16,21H,7,12-15,17-18H2,(H,25,26);1H/b22-16-;/t21-;/m1./s1. The third kappa shape index (κ3) is 6.79. The van der Waals surface area contributed by atoms with Gasteiger partial charge in [-0.2, -0.15) is 0 Å². The highest BCUT2D eigenvalue weighted by molar-refractivity contribution is 5.85. The summed E-state index contributed by atoms with van der Waals surface area (Å²) in [4.78, 5) is 13.4. The molecular formula is C23H28ClNO3. The zero-order chi connectivity index (χ0) is 18.9. The van der Waals surface area contributed by atoms with Crippen LogP contribution in [0.3, 0.4) is 0 Å². The van der Waals surface area contributed by atoms with Gasteiger partial charge < -0.3 is 14.7 Å². The monoisotopic (exact) mass is 401 g/mol. The number of aliphatic carboxylic acids is 1. The highest BCUT2D eigenvalue weighted by Crippen LogP contribution is 2.19. The number of carboxylic acid groups (broad SMARTS) is 1. The van der Waals surface area contributed by atoms with Gasteiger partial charge in [0, 0.05) is 13.1 Å². The Balaban J connectivity index is 0.00000280. The molecule has 0 bridgehead atoms. The van der Waals surface area contributed by atoms with Crippen LogP contribution in [0.15, 0.2) is 60.7 Å². The maximum Gasteiger partial charge on any atom is 0.307 e. The molecule has 3 rings (SSSR count). The van der Waals surface area contributed by atoms with Crippen molar-refractivity contribution in [1.29, 1.82) is 0 Å². The van der Waals surface area contributed by atoms with Crippen molar-refractivity contribution in [3.8, 4) is 0 Å². The summed E-state index contributed by atoms with van der Waals surface area (Å²) in [5.41, 5.74) is 3.45. The second-order valence-electron chi connectivity index (χ2n) is 6.98. The van der Waals surface area contributed by atoms with Gasteiger partial charge in [0.15, 0.2) is 0 Å². The lowest BCUT2D eigenvalue weighted by molar-refractivity contribution is -0.143. The van der Waals surface area contributed by atoms with Crippen LogP contribution in [0, 0.1) is 5.92 Å². The van der Waals surface area contributed by atoms with E-state index < -0.39 is 5.97 Å². The minimum Gasteiger partial charge on any atom is -0.481 e. The Labute approximate surface area is 173 Å². The maximum absolute atomic E-state index is 11.2. The Morgan fingerprint density at radius 3 is 2.46 bits per heavy atom. The molecule has 2 aromatic carbocycles. The Kier molecular flexibility index (Phi) is 9.21. The summed E-state index contributed by atoms with van der Waals surface area (Å²) in [6.45, 7) is 3.50. The van der Waals surface area contributed by atoms with Crippen LogP contribution in [0.25, 0.3) is 11.6 Å². The number of carbonyl (C=O) groups is 1. The predicted octanol–water partition coefficient (Wildman–Crippen LogP) is 4.46. The first-order valence-corrected chi connectivity index (χ1v) is 9.56. The fourth-order valence-corrected chi connectivity index (χ4v) is 3.45. The van der Waals surface area contributed by atoms with Gasteiger partial charge in [-0.25, -0.2) is 0 Å². The molecule has 150 valence electrons. The molecule has 0 aliphatic carbocycles. The first-order chi connectivity index (χ1) is 13.2. The number of carboxylic acids is 1. The molecule has 5 heteroatoms. The van der Waals surface area contributed by atoms with Crippen LogP contribution in [-0.2, 0) is 9.53 Å². The third-order valence-corrected chi connectivity index (χ3v) is 4.95. The number of ether oxygens (including phenoxy) is 1. The summed E-state index contributed by atoms with van der Waals surface area (Å²) in [5.74, 6) is -0.922. The van der Waals surface area contributed by atoms with E-state index in [1.165, 1.54) is 0 Å². The first-order valence-electron chi connectivity index (χ1n) is 9.56. The van der Waals surface area contributed by atoms with E-state index in [9.17, 15) is 9.90 Å². The first kappa shape index (κ1) is 22.2. The normalized spacial score (nSPS) is 17.7. The van der Waals surface area contributed by atoms with Crippen molar-refractivity contribution in [2.45, 2.75) is 12.8 Å². The molecule has 1 aliphatic heterocycles. The molecule has 1 N–H and O–H groups in total. The summed E-state index contributed by atoms with van der Waals surface area (Å²) in [6, 6.07) is 20.5. The van der Waals surface area contributed by atoms with Gasteiger partial charge in [0.2, 0.25) is 0 Å². The van der Waals surface area contributed by atoms with Crippen molar-refractivity contribution < 1.29 is 14.6 Å². The van der Waals surface area contributed by atoms with Gasteiger partial charge in [0.25, 0.3) is 0 Å². The van der Waals surface area contributed by atoms with Crippen LogP contribution < -0.4 is 0 Å². The van der Waals surface area contributed by atoms with Crippen LogP contribution >= 0.6 is 12.4 Å². The largest absolute Gasteiger partial charge is 0.481 e. The molecule has 1 saturated heterocycles. The van der Waals surface area contributed by atoms with E-state index in [0.717, 1.165) is 42.6 Å². The summed E-state index contributed by atoms with van der Waals surface area (Å²) in [5, 5.41) is 9.20. The number of nitrogens with zero attached hydrogens (tertiary/aromatic N) is 1. The highest BCUT2D eigenvalue weighted by Gasteiger charge is 2.24. The molecule has 0 unspecified atom stereocenters. The molecule has 4 nitrogen and oxygen atoms in total. The molecule has 0 saturated carbocycles. The molecular weight excluding hydrogens is 374 g/mol. The minimum atomic E-state index is -0.683. The summed E-state index contributed by atoms with van der Waals surface area (Å²) >= 11 is 0. The molecule has 0 amide bonds. The molecule has 1 fully saturated rings. The highest BCUT2D eigenvalue weighted by atomic mass is 35.5. The van der Waals surface area contributed by atoms with Crippen molar-refractivity contribution in [3.63, 3.8) is 0 Å². The van der Waals surface area contributed by atoms with Gasteiger partial charge in [0.05, 0.1) is 19.1 Å². The molecule has 28 heavy (non-hydrogen) atoms. The van der Waals surface area contributed by atoms with E-state index in [2.05, 4.69) is 35.2 Å².